The van der Waals surface area contributed by atoms with E-state index in [4.69, 9.17) is 9.47 Å². The molecule has 9 nitrogen and oxygen atoms in total. The molecule has 1 saturated heterocycles. The Labute approximate surface area is 198 Å². The first kappa shape index (κ1) is 23.6. The van der Waals surface area contributed by atoms with E-state index >= 15 is 0 Å². The molecule has 4 N–H and O–H groups in total. The van der Waals surface area contributed by atoms with Crippen LogP contribution in [-0.4, -0.2) is 63.4 Å². The van der Waals surface area contributed by atoms with Gasteiger partial charge in [0.25, 0.3) is 0 Å². The largest absolute Gasteiger partial charge is 0.507 e. The fourth-order valence-electron chi connectivity index (χ4n) is 5.20. The van der Waals surface area contributed by atoms with Crippen molar-refractivity contribution in [2.24, 2.45) is 5.92 Å². The Hall–Kier alpha value is -3.18. The maximum Gasteiger partial charge on any atom is 0.201 e. The van der Waals surface area contributed by atoms with Crippen LogP contribution in [0.25, 0.3) is 0 Å². The number of carbonyl (C=O) groups excluding carboxylic acids is 3. The minimum Gasteiger partial charge on any atom is -0.507 e. The number of ether oxygens (including phenoxy) is 2. The van der Waals surface area contributed by atoms with Crippen molar-refractivity contribution in [3.05, 3.63) is 57.4 Å². The third kappa shape index (κ3) is 3.73. The van der Waals surface area contributed by atoms with Crippen LogP contribution in [0, 0.1) is 11.7 Å². The molecule has 10 heteroatoms. The van der Waals surface area contributed by atoms with Crippen LogP contribution >= 0.6 is 0 Å². The van der Waals surface area contributed by atoms with Crippen LogP contribution in [0.15, 0.2) is 18.2 Å². The first-order valence-electron chi connectivity index (χ1n) is 11.3. The standard InChI is InChI=1S/C25H23FO9/c26-14-3-1-2-12-18(14)24(32)21-20(22(12)30)23(31)13-6-10(15(29)8-27)7-16(19(13)25(21)33)35-17-5-4-11(28)9-34-17/h1-3,10-11,16-17,27-28,31,33H,4-9H2/t10?,11-,16-,17?/m0/s1. The molecule has 4 atom stereocenters. The molecule has 0 radical (unpaired) electrons. The maximum atomic E-state index is 14.5. The highest BCUT2D eigenvalue weighted by atomic mass is 19.1. The number of phenols is 2. The van der Waals surface area contributed by atoms with Crippen molar-refractivity contribution in [2.45, 2.75) is 44.2 Å². The summed E-state index contributed by atoms with van der Waals surface area (Å²) in [7, 11) is 0. The predicted octanol–water partition coefficient (Wildman–Crippen LogP) is 1.69. The molecule has 35 heavy (non-hydrogen) atoms. The van der Waals surface area contributed by atoms with Crippen molar-refractivity contribution in [3.63, 3.8) is 0 Å². The number of hydrogen-bond donors (Lipinski definition) is 4. The minimum absolute atomic E-state index is 0.00762. The second kappa shape index (κ2) is 8.80. The first-order chi connectivity index (χ1) is 16.7. The fourth-order valence-corrected chi connectivity index (χ4v) is 5.20. The van der Waals surface area contributed by atoms with Gasteiger partial charge in [-0.3, -0.25) is 14.4 Å². The van der Waals surface area contributed by atoms with Gasteiger partial charge in [0.15, 0.2) is 17.9 Å². The average molecular weight is 486 g/mol. The zero-order valence-corrected chi connectivity index (χ0v) is 18.5. The smallest absolute Gasteiger partial charge is 0.201 e. The molecule has 1 heterocycles. The molecule has 2 unspecified atom stereocenters. The van der Waals surface area contributed by atoms with Crippen LogP contribution in [0.3, 0.4) is 0 Å². The highest BCUT2D eigenvalue weighted by Crippen LogP contribution is 2.51. The molecule has 5 rings (SSSR count). The van der Waals surface area contributed by atoms with E-state index in [1.54, 1.807) is 0 Å². The summed E-state index contributed by atoms with van der Waals surface area (Å²) < 4.78 is 26.0. The van der Waals surface area contributed by atoms with Crippen LogP contribution < -0.4 is 0 Å². The van der Waals surface area contributed by atoms with Crippen LogP contribution in [0.1, 0.15) is 68.3 Å². The van der Waals surface area contributed by atoms with Crippen molar-refractivity contribution in [1.29, 1.82) is 0 Å². The lowest BCUT2D eigenvalue weighted by Gasteiger charge is -2.36. The van der Waals surface area contributed by atoms with E-state index in [1.165, 1.54) is 12.1 Å². The number of aliphatic hydroxyl groups is 2. The summed E-state index contributed by atoms with van der Waals surface area (Å²) >= 11 is 0. The Morgan fingerprint density at radius 2 is 1.83 bits per heavy atom. The zero-order chi connectivity index (χ0) is 25.0. The number of ketones is 3. The van der Waals surface area contributed by atoms with E-state index in [1.807, 2.05) is 0 Å². The Bertz CT molecular complexity index is 1250. The molecule has 0 aromatic heterocycles. The normalized spacial score (nSPS) is 25.6. The topological polar surface area (TPSA) is 151 Å². The summed E-state index contributed by atoms with van der Waals surface area (Å²) in [6.07, 6.45) is -1.88. The number of halogens is 1. The summed E-state index contributed by atoms with van der Waals surface area (Å²) in [6, 6.07) is 3.55. The summed E-state index contributed by atoms with van der Waals surface area (Å²) in [5.74, 6) is -5.25. The van der Waals surface area contributed by atoms with Crippen LogP contribution in [0.4, 0.5) is 4.39 Å². The van der Waals surface area contributed by atoms with Gasteiger partial charge in [-0.1, -0.05) is 12.1 Å². The fraction of sp³-hybridized carbons (Fsp3) is 0.400. The number of rotatable bonds is 4. The number of carbonyl (C=O) groups is 3. The molecular weight excluding hydrogens is 463 g/mol. The lowest BCUT2D eigenvalue weighted by Crippen LogP contribution is -2.35. The molecule has 2 aromatic rings. The van der Waals surface area contributed by atoms with Gasteiger partial charge >= 0.3 is 0 Å². The number of aromatic hydroxyl groups is 2. The molecule has 2 aliphatic carbocycles. The van der Waals surface area contributed by atoms with Crippen LogP contribution in [-0.2, 0) is 20.7 Å². The van der Waals surface area contributed by atoms with Gasteiger partial charge in [-0.15, -0.1) is 0 Å². The highest BCUT2D eigenvalue weighted by Gasteiger charge is 2.44. The van der Waals surface area contributed by atoms with E-state index in [0.29, 0.717) is 12.8 Å². The predicted molar refractivity (Wildman–Crippen MR) is 116 cm³/mol. The van der Waals surface area contributed by atoms with E-state index in [2.05, 4.69) is 0 Å². The van der Waals surface area contributed by atoms with Gasteiger partial charge in [0.05, 0.1) is 35.5 Å². The lowest BCUT2D eigenvalue weighted by molar-refractivity contribution is -0.213. The van der Waals surface area contributed by atoms with E-state index in [0.717, 1.165) is 6.07 Å². The van der Waals surface area contributed by atoms with E-state index in [-0.39, 0.29) is 36.1 Å². The lowest BCUT2D eigenvalue weighted by atomic mass is 9.73. The highest BCUT2D eigenvalue weighted by molar-refractivity contribution is 6.30. The quantitative estimate of drug-likeness (QED) is 0.404. The molecule has 2 aromatic carbocycles. The van der Waals surface area contributed by atoms with Crippen molar-refractivity contribution >= 4 is 17.3 Å². The molecule has 0 amide bonds. The van der Waals surface area contributed by atoms with Crippen molar-refractivity contribution in [2.75, 3.05) is 13.2 Å². The first-order valence-corrected chi connectivity index (χ1v) is 11.3. The number of benzene rings is 2. The monoisotopic (exact) mass is 486 g/mol. The maximum absolute atomic E-state index is 14.5. The third-order valence-corrected chi connectivity index (χ3v) is 6.94. The Morgan fingerprint density at radius 1 is 1.09 bits per heavy atom. The molecule has 0 spiro atoms. The van der Waals surface area contributed by atoms with Gasteiger partial charge in [0, 0.05) is 29.0 Å². The van der Waals surface area contributed by atoms with Crippen molar-refractivity contribution in [1.82, 2.24) is 0 Å². The van der Waals surface area contributed by atoms with Crippen molar-refractivity contribution in [3.8, 4) is 11.5 Å². The molecule has 184 valence electrons. The van der Waals surface area contributed by atoms with Gasteiger partial charge in [-0.2, -0.15) is 0 Å². The number of phenolic OH excluding ortho intramolecular Hbond substituents is 2. The summed E-state index contributed by atoms with van der Waals surface area (Å²) in [6.45, 7) is -0.728. The van der Waals surface area contributed by atoms with Crippen LogP contribution in [0.2, 0.25) is 0 Å². The molecule has 1 fully saturated rings. The van der Waals surface area contributed by atoms with Gasteiger partial charge in [0.2, 0.25) is 5.78 Å². The Kier molecular flexibility index (Phi) is 5.92. The Morgan fingerprint density at radius 3 is 2.51 bits per heavy atom. The zero-order valence-electron chi connectivity index (χ0n) is 18.5. The minimum atomic E-state index is -1.04. The number of Topliss-reactive ketones (excluding diaryl/α,β-unsaturated/α-hetero) is 1. The van der Waals surface area contributed by atoms with Crippen molar-refractivity contribution < 1.29 is 48.7 Å². The third-order valence-electron chi connectivity index (χ3n) is 6.94. The SMILES string of the molecule is O=C1c2cccc(F)c2C(=O)c2c(O)c3c(c(O)c21)CC(C(=O)CO)C[C@@H]3OC1CC[C@H](O)CO1. The number of aliphatic hydroxyl groups excluding tert-OH is 2. The number of hydrogen-bond acceptors (Lipinski definition) is 9. The molecule has 0 saturated carbocycles. The van der Waals surface area contributed by atoms with Gasteiger partial charge in [-0.05, 0) is 25.3 Å². The van der Waals surface area contributed by atoms with Gasteiger partial charge < -0.3 is 29.9 Å². The van der Waals surface area contributed by atoms with E-state index < -0.39 is 82.4 Å². The summed E-state index contributed by atoms with van der Waals surface area (Å²) in [5, 5.41) is 41.5. The summed E-state index contributed by atoms with van der Waals surface area (Å²) in [5.41, 5.74) is -1.66. The number of fused-ring (bicyclic) bond motifs is 3. The van der Waals surface area contributed by atoms with E-state index in [9.17, 15) is 39.2 Å². The molecular formula is C25H23FO9. The Balaban J connectivity index is 1.66. The summed E-state index contributed by atoms with van der Waals surface area (Å²) in [4.78, 5) is 38.8. The second-order valence-corrected chi connectivity index (χ2v) is 9.04. The second-order valence-electron chi connectivity index (χ2n) is 9.04. The van der Waals surface area contributed by atoms with Crippen LogP contribution in [0.5, 0.6) is 11.5 Å². The molecule has 0 bridgehead atoms. The molecule has 1 aliphatic heterocycles. The van der Waals surface area contributed by atoms with Gasteiger partial charge in [0.1, 0.15) is 23.9 Å². The van der Waals surface area contributed by atoms with Gasteiger partial charge in [-0.25, -0.2) is 4.39 Å². The average Bonchev–Trinajstić information content (AvgIpc) is 2.85. The molecule has 3 aliphatic rings.